The van der Waals surface area contributed by atoms with Crippen LogP contribution < -0.4 is 5.73 Å². The Kier molecular flexibility index (Phi) is 3.74. The van der Waals surface area contributed by atoms with Crippen LogP contribution in [0.15, 0.2) is 0 Å². The van der Waals surface area contributed by atoms with Crippen molar-refractivity contribution in [2.24, 2.45) is 23.5 Å². The maximum Gasteiger partial charge on any atom is 0.0716 e. The highest BCUT2D eigenvalue weighted by Gasteiger charge is 2.30. The van der Waals surface area contributed by atoms with Gasteiger partial charge in [-0.25, -0.2) is 0 Å². The maximum atomic E-state index is 9.86. The first-order valence-electron chi connectivity index (χ1n) is 5.44. The van der Waals surface area contributed by atoms with Crippen molar-refractivity contribution >= 4 is 0 Å². The molecule has 1 saturated carbocycles. The van der Waals surface area contributed by atoms with E-state index in [1.165, 1.54) is 6.42 Å². The third kappa shape index (κ3) is 2.96. The number of hydrogen-bond donors (Lipinski definition) is 2. The number of nitrogens with two attached hydrogens (primary N) is 1. The molecule has 2 nitrogen and oxygen atoms in total. The zero-order valence-corrected chi connectivity index (χ0v) is 9.03. The van der Waals surface area contributed by atoms with Gasteiger partial charge in [0.05, 0.1) is 6.10 Å². The molecule has 0 radical (unpaired) electrons. The summed E-state index contributed by atoms with van der Waals surface area (Å²) in [5.74, 6) is 1.93. The Hall–Kier alpha value is -0.0800. The second-order valence-corrected chi connectivity index (χ2v) is 5.03. The van der Waals surface area contributed by atoms with Crippen molar-refractivity contribution in [2.45, 2.75) is 52.2 Å². The first-order chi connectivity index (χ1) is 6.00. The zero-order chi connectivity index (χ0) is 10.0. The van der Waals surface area contributed by atoms with E-state index in [-0.39, 0.29) is 12.1 Å². The largest absolute Gasteiger partial charge is 0.391 e. The molecule has 1 fully saturated rings. The molecule has 13 heavy (non-hydrogen) atoms. The number of rotatable bonds is 2. The molecule has 4 atom stereocenters. The van der Waals surface area contributed by atoms with Crippen LogP contribution in [0, 0.1) is 17.8 Å². The van der Waals surface area contributed by atoms with E-state index in [1.54, 1.807) is 0 Å². The summed E-state index contributed by atoms with van der Waals surface area (Å²) in [6.07, 6.45) is 3.30. The van der Waals surface area contributed by atoms with Crippen molar-refractivity contribution in [1.82, 2.24) is 0 Å². The van der Waals surface area contributed by atoms with Crippen molar-refractivity contribution in [3.05, 3.63) is 0 Å². The topological polar surface area (TPSA) is 46.2 Å². The molecule has 1 aliphatic rings. The minimum Gasteiger partial charge on any atom is -0.391 e. The van der Waals surface area contributed by atoms with Crippen LogP contribution in [0.5, 0.6) is 0 Å². The first-order valence-corrected chi connectivity index (χ1v) is 5.44. The highest BCUT2D eigenvalue weighted by atomic mass is 16.3. The molecule has 0 aromatic carbocycles. The lowest BCUT2D eigenvalue weighted by Gasteiger charge is -2.35. The lowest BCUT2D eigenvalue weighted by Crippen LogP contribution is -2.40. The molecule has 1 aliphatic carbocycles. The molecule has 0 bridgehead atoms. The van der Waals surface area contributed by atoms with E-state index >= 15 is 0 Å². The van der Waals surface area contributed by atoms with Gasteiger partial charge in [0.1, 0.15) is 0 Å². The zero-order valence-electron chi connectivity index (χ0n) is 9.03. The Morgan fingerprint density at radius 1 is 1.15 bits per heavy atom. The Morgan fingerprint density at radius 2 is 1.62 bits per heavy atom. The molecule has 0 heterocycles. The Balaban J connectivity index is 2.49. The predicted molar refractivity (Wildman–Crippen MR) is 55.3 cm³/mol. The van der Waals surface area contributed by atoms with Gasteiger partial charge in [-0.05, 0) is 43.9 Å². The van der Waals surface area contributed by atoms with Gasteiger partial charge in [-0.15, -0.1) is 0 Å². The predicted octanol–water partition coefficient (Wildman–Crippen LogP) is 1.77. The van der Waals surface area contributed by atoms with E-state index < -0.39 is 0 Å². The Morgan fingerprint density at radius 3 is 2.00 bits per heavy atom. The summed E-state index contributed by atoms with van der Waals surface area (Å²) in [5, 5.41) is 9.86. The van der Waals surface area contributed by atoms with Crippen LogP contribution in [-0.4, -0.2) is 17.3 Å². The minimum absolute atomic E-state index is 0.0810. The van der Waals surface area contributed by atoms with E-state index in [1.807, 2.05) is 6.92 Å². The molecule has 78 valence electrons. The SMILES string of the molecule is CC1CC(C)CC(C(O)C(C)N)C1. The second-order valence-electron chi connectivity index (χ2n) is 5.03. The average molecular weight is 185 g/mol. The molecule has 0 aromatic rings. The van der Waals surface area contributed by atoms with Gasteiger partial charge in [-0.3, -0.25) is 0 Å². The molecule has 1 rings (SSSR count). The fraction of sp³-hybridized carbons (Fsp3) is 1.00. The van der Waals surface area contributed by atoms with Crippen LogP contribution in [0.1, 0.15) is 40.0 Å². The van der Waals surface area contributed by atoms with Gasteiger partial charge in [-0.2, -0.15) is 0 Å². The van der Waals surface area contributed by atoms with Crippen LogP contribution in [0.2, 0.25) is 0 Å². The number of hydrogen-bond acceptors (Lipinski definition) is 2. The average Bonchev–Trinajstić information content (AvgIpc) is 2.01. The van der Waals surface area contributed by atoms with E-state index in [0.29, 0.717) is 5.92 Å². The van der Waals surface area contributed by atoms with Gasteiger partial charge >= 0.3 is 0 Å². The van der Waals surface area contributed by atoms with Gasteiger partial charge in [0.15, 0.2) is 0 Å². The first kappa shape index (κ1) is 11.0. The lowest BCUT2D eigenvalue weighted by atomic mass is 9.73. The highest BCUT2D eigenvalue weighted by Crippen LogP contribution is 2.35. The molecule has 0 saturated heterocycles. The van der Waals surface area contributed by atoms with Crippen LogP contribution >= 0.6 is 0 Å². The van der Waals surface area contributed by atoms with Gasteiger partial charge in [-0.1, -0.05) is 13.8 Å². The van der Waals surface area contributed by atoms with Crippen LogP contribution in [-0.2, 0) is 0 Å². The normalized spacial score (nSPS) is 39.9. The summed E-state index contributed by atoms with van der Waals surface area (Å²) in [5.41, 5.74) is 5.71. The summed E-state index contributed by atoms with van der Waals surface area (Å²) in [7, 11) is 0. The monoisotopic (exact) mass is 185 g/mol. The van der Waals surface area contributed by atoms with Gasteiger partial charge in [0, 0.05) is 6.04 Å². The van der Waals surface area contributed by atoms with Crippen molar-refractivity contribution in [2.75, 3.05) is 0 Å². The summed E-state index contributed by atoms with van der Waals surface area (Å²) in [6.45, 7) is 6.45. The smallest absolute Gasteiger partial charge is 0.0716 e. The van der Waals surface area contributed by atoms with Gasteiger partial charge in [0.2, 0.25) is 0 Å². The molecule has 0 aliphatic heterocycles. The summed E-state index contributed by atoms with van der Waals surface area (Å²) >= 11 is 0. The lowest BCUT2D eigenvalue weighted by molar-refractivity contribution is 0.0414. The number of aliphatic hydroxyl groups is 1. The van der Waals surface area contributed by atoms with Crippen LogP contribution in [0.4, 0.5) is 0 Å². The molecular formula is C11H23NO. The van der Waals surface area contributed by atoms with Crippen LogP contribution in [0.25, 0.3) is 0 Å². The third-order valence-electron chi connectivity index (χ3n) is 3.24. The maximum absolute atomic E-state index is 9.86. The minimum atomic E-state index is -0.301. The van der Waals surface area contributed by atoms with Gasteiger partial charge in [0.25, 0.3) is 0 Å². The van der Waals surface area contributed by atoms with Crippen molar-refractivity contribution in [1.29, 1.82) is 0 Å². The molecule has 0 spiro atoms. The second kappa shape index (κ2) is 4.43. The summed E-state index contributed by atoms with van der Waals surface area (Å²) < 4.78 is 0. The van der Waals surface area contributed by atoms with Gasteiger partial charge < -0.3 is 10.8 Å². The number of aliphatic hydroxyl groups excluding tert-OH is 1. The van der Waals surface area contributed by atoms with E-state index in [9.17, 15) is 5.11 Å². The van der Waals surface area contributed by atoms with E-state index in [0.717, 1.165) is 24.7 Å². The molecule has 4 unspecified atom stereocenters. The third-order valence-corrected chi connectivity index (χ3v) is 3.24. The Bertz CT molecular complexity index is 148. The van der Waals surface area contributed by atoms with Crippen molar-refractivity contribution < 1.29 is 5.11 Å². The molecule has 0 aromatic heterocycles. The summed E-state index contributed by atoms with van der Waals surface area (Å²) in [4.78, 5) is 0. The molecule has 0 amide bonds. The quantitative estimate of drug-likeness (QED) is 0.688. The van der Waals surface area contributed by atoms with E-state index in [2.05, 4.69) is 13.8 Å². The standard InChI is InChI=1S/C11H23NO/c1-7-4-8(2)6-10(5-7)11(13)9(3)12/h7-11,13H,4-6,12H2,1-3H3. The van der Waals surface area contributed by atoms with E-state index in [4.69, 9.17) is 5.73 Å². The Labute approximate surface area is 81.5 Å². The molecule has 3 N–H and O–H groups in total. The van der Waals surface area contributed by atoms with Crippen molar-refractivity contribution in [3.8, 4) is 0 Å². The van der Waals surface area contributed by atoms with Crippen LogP contribution in [0.3, 0.4) is 0 Å². The fourth-order valence-corrected chi connectivity index (χ4v) is 2.72. The molecular weight excluding hydrogens is 162 g/mol. The molecule has 2 heteroatoms. The summed E-state index contributed by atoms with van der Waals surface area (Å²) in [6, 6.07) is -0.0810. The fourth-order valence-electron chi connectivity index (χ4n) is 2.72. The van der Waals surface area contributed by atoms with Crippen molar-refractivity contribution in [3.63, 3.8) is 0 Å². The highest BCUT2D eigenvalue weighted by molar-refractivity contribution is 4.83.